The number of likely N-dealkylation sites (tertiary alicyclic amines) is 1. The lowest BCUT2D eigenvalue weighted by Crippen LogP contribution is -2.29. The van der Waals surface area contributed by atoms with E-state index >= 15 is 0 Å². The molecule has 4 nitrogen and oxygen atoms in total. The summed E-state index contributed by atoms with van der Waals surface area (Å²) in [6.07, 6.45) is 0.295. The fourth-order valence-electron chi connectivity index (χ4n) is 2.76. The van der Waals surface area contributed by atoms with Gasteiger partial charge in [0.15, 0.2) is 0 Å². The normalized spacial score (nSPS) is 24.2. The summed E-state index contributed by atoms with van der Waals surface area (Å²) in [6.45, 7) is 5.97. The van der Waals surface area contributed by atoms with Crippen LogP contribution in [0.25, 0.3) is 0 Å². The molecule has 2 heterocycles. The highest BCUT2D eigenvalue weighted by atomic mass is 16.5. The third-order valence-corrected chi connectivity index (χ3v) is 3.99. The van der Waals surface area contributed by atoms with Crippen molar-refractivity contribution >= 4 is 5.91 Å². The van der Waals surface area contributed by atoms with Crippen LogP contribution in [-0.2, 0) is 5.41 Å². The molecule has 1 aromatic rings. The van der Waals surface area contributed by atoms with Gasteiger partial charge < -0.3 is 14.7 Å². The number of rotatable bonds is 1. The Balaban J connectivity index is 1.89. The van der Waals surface area contributed by atoms with Gasteiger partial charge >= 0.3 is 0 Å². The molecule has 1 N–H and O–H groups in total. The van der Waals surface area contributed by atoms with Gasteiger partial charge in [0.2, 0.25) is 0 Å². The van der Waals surface area contributed by atoms with Gasteiger partial charge in [-0.15, -0.1) is 0 Å². The van der Waals surface area contributed by atoms with E-state index in [4.69, 9.17) is 4.74 Å². The summed E-state index contributed by atoms with van der Waals surface area (Å²) < 4.78 is 5.63. The monoisotopic (exact) mass is 261 g/mol. The van der Waals surface area contributed by atoms with E-state index in [0.29, 0.717) is 31.7 Å². The number of aliphatic hydroxyl groups is 1. The predicted molar refractivity (Wildman–Crippen MR) is 71.5 cm³/mol. The molecule has 0 saturated carbocycles. The van der Waals surface area contributed by atoms with Gasteiger partial charge in [0.25, 0.3) is 5.91 Å². The van der Waals surface area contributed by atoms with Crippen LogP contribution >= 0.6 is 0 Å². The number of hydrogen-bond acceptors (Lipinski definition) is 3. The van der Waals surface area contributed by atoms with Gasteiger partial charge in [-0.25, -0.2) is 0 Å². The lowest BCUT2D eigenvalue weighted by atomic mass is 9.86. The molecule has 0 aliphatic carbocycles. The summed E-state index contributed by atoms with van der Waals surface area (Å²) in [5, 5.41) is 9.52. The van der Waals surface area contributed by atoms with Crippen molar-refractivity contribution in [3.8, 4) is 5.75 Å². The Morgan fingerprint density at radius 2 is 2.26 bits per heavy atom. The lowest BCUT2D eigenvalue weighted by Gasteiger charge is -2.18. The zero-order valence-corrected chi connectivity index (χ0v) is 11.3. The predicted octanol–water partition coefficient (Wildman–Crippen LogP) is 1.56. The highest BCUT2D eigenvalue weighted by Gasteiger charge is 2.33. The minimum atomic E-state index is -0.377. The maximum absolute atomic E-state index is 12.4. The zero-order valence-electron chi connectivity index (χ0n) is 11.3. The fourth-order valence-corrected chi connectivity index (χ4v) is 2.76. The van der Waals surface area contributed by atoms with E-state index in [0.717, 1.165) is 11.3 Å². The van der Waals surface area contributed by atoms with E-state index in [1.165, 1.54) is 0 Å². The molecule has 1 fully saturated rings. The Kier molecular flexibility index (Phi) is 2.78. The van der Waals surface area contributed by atoms with Crippen LogP contribution in [0.3, 0.4) is 0 Å². The van der Waals surface area contributed by atoms with Crippen molar-refractivity contribution in [3.63, 3.8) is 0 Å². The molecule has 3 rings (SSSR count). The van der Waals surface area contributed by atoms with Crippen LogP contribution in [0.1, 0.15) is 36.2 Å². The molecule has 0 aromatic heterocycles. The summed E-state index contributed by atoms with van der Waals surface area (Å²) in [4.78, 5) is 14.1. The Hall–Kier alpha value is -1.55. The molecule has 2 aliphatic rings. The summed E-state index contributed by atoms with van der Waals surface area (Å²) in [7, 11) is 0. The molecular weight excluding hydrogens is 242 g/mol. The van der Waals surface area contributed by atoms with E-state index < -0.39 is 0 Å². The van der Waals surface area contributed by atoms with Crippen molar-refractivity contribution in [1.82, 2.24) is 4.90 Å². The summed E-state index contributed by atoms with van der Waals surface area (Å²) in [5.41, 5.74) is 1.74. The third kappa shape index (κ3) is 2.10. The molecule has 0 bridgehead atoms. The summed E-state index contributed by atoms with van der Waals surface area (Å²) in [6, 6.07) is 5.63. The molecule has 4 heteroatoms. The molecule has 1 atom stereocenters. The van der Waals surface area contributed by atoms with Crippen molar-refractivity contribution in [2.24, 2.45) is 0 Å². The number of carbonyl (C=O) groups excluding carboxylic acids is 1. The average Bonchev–Trinajstić information content (AvgIpc) is 2.93. The number of benzene rings is 1. The summed E-state index contributed by atoms with van der Waals surface area (Å²) in [5.74, 6) is 0.880. The van der Waals surface area contributed by atoms with Crippen LogP contribution in [0.2, 0.25) is 0 Å². The van der Waals surface area contributed by atoms with Crippen molar-refractivity contribution in [2.75, 3.05) is 19.7 Å². The maximum Gasteiger partial charge on any atom is 0.253 e. The highest BCUT2D eigenvalue weighted by Crippen LogP contribution is 2.38. The first kappa shape index (κ1) is 12.5. The Labute approximate surface area is 113 Å². The van der Waals surface area contributed by atoms with Crippen LogP contribution in [-0.4, -0.2) is 41.7 Å². The SMILES string of the molecule is CC1(C)COc2ccc(C(=O)N3CC[C@H](O)C3)cc21. The van der Waals surface area contributed by atoms with Crippen LogP contribution < -0.4 is 4.74 Å². The van der Waals surface area contributed by atoms with E-state index in [1.54, 1.807) is 4.90 Å². The van der Waals surface area contributed by atoms with E-state index in [9.17, 15) is 9.90 Å². The number of carbonyl (C=O) groups is 1. The molecule has 1 amide bonds. The number of aliphatic hydroxyl groups excluding tert-OH is 1. The molecule has 102 valence electrons. The quantitative estimate of drug-likeness (QED) is 0.834. The van der Waals surface area contributed by atoms with Crippen LogP contribution in [0, 0.1) is 0 Å². The Morgan fingerprint density at radius 3 is 2.95 bits per heavy atom. The minimum absolute atomic E-state index is 0.00190. The van der Waals surface area contributed by atoms with Crippen LogP contribution in [0.15, 0.2) is 18.2 Å². The lowest BCUT2D eigenvalue weighted by molar-refractivity contribution is 0.0765. The molecule has 1 aromatic carbocycles. The second-order valence-corrected chi connectivity index (χ2v) is 6.08. The first-order chi connectivity index (χ1) is 8.97. The van der Waals surface area contributed by atoms with E-state index in [1.807, 2.05) is 18.2 Å². The minimum Gasteiger partial charge on any atom is -0.492 e. The smallest absolute Gasteiger partial charge is 0.253 e. The number of fused-ring (bicyclic) bond motifs is 1. The standard InChI is InChI=1S/C15H19NO3/c1-15(2)9-19-13-4-3-10(7-12(13)15)14(18)16-6-5-11(17)8-16/h3-4,7,11,17H,5-6,8-9H2,1-2H3/t11-/m0/s1. The molecule has 19 heavy (non-hydrogen) atoms. The number of nitrogens with zero attached hydrogens (tertiary/aromatic N) is 1. The molecule has 0 radical (unpaired) electrons. The molecule has 2 aliphatic heterocycles. The van der Waals surface area contributed by atoms with Gasteiger partial charge in [-0.05, 0) is 24.6 Å². The Morgan fingerprint density at radius 1 is 1.47 bits per heavy atom. The zero-order chi connectivity index (χ0) is 13.6. The van der Waals surface area contributed by atoms with Gasteiger partial charge in [-0.2, -0.15) is 0 Å². The number of β-amino-alcohol motifs (C(OH)–C–C–N with tert-alkyl or cyclic N) is 1. The summed E-state index contributed by atoms with van der Waals surface area (Å²) >= 11 is 0. The second-order valence-electron chi connectivity index (χ2n) is 6.08. The van der Waals surface area contributed by atoms with Crippen LogP contribution in [0.5, 0.6) is 5.75 Å². The average molecular weight is 261 g/mol. The van der Waals surface area contributed by atoms with Gasteiger partial charge in [0, 0.05) is 29.6 Å². The van der Waals surface area contributed by atoms with E-state index in [-0.39, 0.29) is 17.4 Å². The first-order valence-electron chi connectivity index (χ1n) is 6.72. The van der Waals surface area contributed by atoms with E-state index in [2.05, 4.69) is 13.8 Å². The van der Waals surface area contributed by atoms with Crippen molar-refractivity contribution < 1.29 is 14.6 Å². The molecule has 0 spiro atoms. The van der Waals surface area contributed by atoms with Gasteiger partial charge in [-0.3, -0.25) is 4.79 Å². The largest absolute Gasteiger partial charge is 0.492 e. The number of amides is 1. The number of ether oxygens (including phenoxy) is 1. The molecule has 1 saturated heterocycles. The van der Waals surface area contributed by atoms with Gasteiger partial charge in [0.05, 0.1) is 12.7 Å². The third-order valence-electron chi connectivity index (χ3n) is 3.99. The first-order valence-corrected chi connectivity index (χ1v) is 6.72. The maximum atomic E-state index is 12.4. The Bertz CT molecular complexity index is 524. The molecular formula is C15H19NO3. The number of hydrogen-bond donors (Lipinski definition) is 1. The fraction of sp³-hybridized carbons (Fsp3) is 0.533. The van der Waals surface area contributed by atoms with Crippen molar-refractivity contribution in [3.05, 3.63) is 29.3 Å². The van der Waals surface area contributed by atoms with Crippen molar-refractivity contribution in [1.29, 1.82) is 0 Å². The van der Waals surface area contributed by atoms with Gasteiger partial charge in [0.1, 0.15) is 5.75 Å². The van der Waals surface area contributed by atoms with Crippen molar-refractivity contribution in [2.45, 2.75) is 31.8 Å². The van der Waals surface area contributed by atoms with Gasteiger partial charge in [-0.1, -0.05) is 13.8 Å². The van der Waals surface area contributed by atoms with Crippen LogP contribution in [0.4, 0.5) is 0 Å². The second kappa shape index (κ2) is 4.23. The highest BCUT2D eigenvalue weighted by molar-refractivity contribution is 5.95. The molecule has 0 unspecified atom stereocenters. The topological polar surface area (TPSA) is 49.8 Å².